The molecule has 5 heteroatoms. The summed E-state index contributed by atoms with van der Waals surface area (Å²) in [4.78, 5) is 7.13. The third-order valence-corrected chi connectivity index (χ3v) is 5.07. The van der Waals surface area contributed by atoms with Gasteiger partial charge in [-0.2, -0.15) is 11.8 Å². The topological polar surface area (TPSA) is 28.2 Å². The molecule has 104 valence electrons. The van der Waals surface area contributed by atoms with Crippen LogP contribution in [0.15, 0.2) is 16.7 Å². The van der Waals surface area contributed by atoms with Crippen molar-refractivity contribution in [3.63, 3.8) is 0 Å². The number of thioether (sulfide) groups is 1. The fourth-order valence-electron chi connectivity index (χ4n) is 2.39. The van der Waals surface area contributed by atoms with Crippen LogP contribution in [0.4, 0.5) is 5.82 Å². The first kappa shape index (κ1) is 13.7. The molecule has 0 atom stereocenters. The molecule has 3 rings (SSSR count). The van der Waals surface area contributed by atoms with Crippen molar-refractivity contribution in [2.75, 3.05) is 29.5 Å². The molecule has 2 aliphatic rings. The average Bonchev–Trinajstić information content (AvgIpc) is 3.24. The number of aromatic nitrogens is 1. The molecular formula is C14H20BrN3S. The molecule has 1 aliphatic heterocycles. The summed E-state index contributed by atoms with van der Waals surface area (Å²) in [6.45, 7) is 3.20. The van der Waals surface area contributed by atoms with E-state index >= 15 is 0 Å². The first-order valence-electron chi connectivity index (χ1n) is 7.03. The van der Waals surface area contributed by atoms with Crippen LogP contribution < -0.4 is 10.2 Å². The van der Waals surface area contributed by atoms with E-state index in [1.54, 1.807) is 0 Å². The zero-order chi connectivity index (χ0) is 13.1. The molecule has 1 saturated carbocycles. The molecule has 0 bridgehead atoms. The van der Waals surface area contributed by atoms with E-state index in [0.29, 0.717) is 0 Å². The molecule has 1 N–H and O–H groups in total. The number of hydrogen-bond donors (Lipinski definition) is 1. The van der Waals surface area contributed by atoms with Crippen LogP contribution in [-0.4, -0.2) is 35.6 Å². The van der Waals surface area contributed by atoms with Crippen LogP contribution in [0.25, 0.3) is 0 Å². The van der Waals surface area contributed by atoms with Gasteiger partial charge >= 0.3 is 0 Å². The van der Waals surface area contributed by atoms with E-state index < -0.39 is 0 Å². The second kappa shape index (κ2) is 6.46. The molecule has 19 heavy (non-hydrogen) atoms. The predicted octanol–water partition coefficient (Wildman–Crippen LogP) is 3.04. The van der Waals surface area contributed by atoms with Gasteiger partial charge < -0.3 is 10.2 Å². The van der Waals surface area contributed by atoms with E-state index in [9.17, 15) is 0 Å². The molecule has 0 spiro atoms. The fourth-order valence-corrected chi connectivity index (χ4v) is 3.65. The SMILES string of the molecule is Brc1cnc(N2CCCSCC2)c(CNC2CC2)c1. The maximum atomic E-state index is 4.67. The van der Waals surface area contributed by atoms with Crippen molar-refractivity contribution in [3.8, 4) is 0 Å². The first-order chi connectivity index (χ1) is 9.33. The summed E-state index contributed by atoms with van der Waals surface area (Å²) < 4.78 is 1.08. The number of rotatable bonds is 4. The largest absolute Gasteiger partial charge is 0.355 e. The van der Waals surface area contributed by atoms with Gasteiger partial charge in [-0.3, -0.25) is 0 Å². The molecule has 1 aliphatic carbocycles. The minimum atomic E-state index is 0.742. The molecule has 0 amide bonds. The van der Waals surface area contributed by atoms with Gasteiger partial charge in [0.15, 0.2) is 0 Å². The summed E-state index contributed by atoms with van der Waals surface area (Å²) >= 11 is 5.60. The maximum Gasteiger partial charge on any atom is 0.133 e. The molecule has 1 saturated heterocycles. The van der Waals surface area contributed by atoms with Crippen LogP contribution in [0, 0.1) is 0 Å². The Bertz CT molecular complexity index is 429. The van der Waals surface area contributed by atoms with Crippen molar-refractivity contribution in [2.24, 2.45) is 0 Å². The van der Waals surface area contributed by atoms with Gasteiger partial charge in [0.1, 0.15) is 5.82 Å². The van der Waals surface area contributed by atoms with Crippen molar-refractivity contribution in [3.05, 3.63) is 22.3 Å². The zero-order valence-corrected chi connectivity index (χ0v) is 13.5. The second-order valence-electron chi connectivity index (χ2n) is 5.24. The molecule has 0 radical (unpaired) electrons. The third kappa shape index (κ3) is 3.86. The Hall–Kier alpha value is -0.260. The minimum Gasteiger partial charge on any atom is -0.355 e. The molecule has 2 heterocycles. The standard InChI is InChI=1S/C14H20BrN3S/c15-12-8-11(9-16-13-2-3-13)14(17-10-12)18-4-1-6-19-7-5-18/h8,10,13,16H,1-7,9H2. The molecule has 1 aromatic heterocycles. The normalized spacial score (nSPS) is 20.4. The second-order valence-corrected chi connectivity index (χ2v) is 7.38. The minimum absolute atomic E-state index is 0.742. The van der Waals surface area contributed by atoms with Crippen LogP contribution in [0.2, 0.25) is 0 Å². The van der Waals surface area contributed by atoms with Gasteiger partial charge in [-0.15, -0.1) is 0 Å². The molecule has 1 aromatic rings. The Morgan fingerprint density at radius 2 is 2.26 bits per heavy atom. The maximum absolute atomic E-state index is 4.67. The molecular weight excluding hydrogens is 322 g/mol. The van der Waals surface area contributed by atoms with Crippen molar-refractivity contribution in [2.45, 2.75) is 31.8 Å². The number of anilines is 1. The quantitative estimate of drug-likeness (QED) is 0.910. The summed E-state index contributed by atoms with van der Waals surface area (Å²) in [6.07, 6.45) is 5.85. The van der Waals surface area contributed by atoms with Gasteiger partial charge in [-0.1, -0.05) is 0 Å². The molecule has 0 unspecified atom stereocenters. The highest BCUT2D eigenvalue weighted by atomic mass is 79.9. The van der Waals surface area contributed by atoms with Gasteiger partial charge in [0.25, 0.3) is 0 Å². The van der Waals surface area contributed by atoms with E-state index in [1.165, 1.54) is 42.1 Å². The fraction of sp³-hybridized carbons (Fsp3) is 0.643. The predicted molar refractivity (Wildman–Crippen MR) is 86.0 cm³/mol. The monoisotopic (exact) mass is 341 g/mol. The van der Waals surface area contributed by atoms with Gasteiger partial charge in [0, 0.05) is 47.7 Å². The lowest BCUT2D eigenvalue weighted by Gasteiger charge is -2.24. The van der Waals surface area contributed by atoms with E-state index in [-0.39, 0.29) is 0 Å². The van der Waals surface area contributed by atoms with Crippen molar-refractivity contribution in [1.29, 1.82) is 0 Å². The smallest absolute Gasteiger partial charge is 0.133 e. The molecule has 0 aromatic carbocycles. The van der Waals surface area contributed by atoms with Crippen LogP contribution in [0.3, 0.4) is 0 Å². The van der Waals surface area contributed by atoms with Gasteiger partial charge in [0.2, 0.25) is 0 Å². The number of nitrogens with one attached hydrogen (secondary N) is 1. The van der Waals surface area contributed by atoms with Crippen LogP contribution >= 0.6 is 27.7 Å². The summed E-state index contributed by atoms with van der Waals surface area (Å²) in [7, 11) is 0. The van der Waals surface area contributed by atoms with Crippen LogP contribution in [0.1, 0.15) is 24.8 Å². The number of nitrogens with zero attached hydrogens (tertiary/aromatic N) is 2. The lowest BCUT2D eigenvalue weighted by molar-refractivity contribution is 0.679. The zero-order valence-electron chi connectivity index (χ0n) is 11.1. The summed E-state index contributed by atoms with van der Waals surface area (Å²) in [6, 6.07) is 2.96. The van der Waals surface area contributed by atoms with Crippen molar-refractivity contribution < 1.29 is 0 Å². The number of pyridine rings is 1. The summed E-state index contributed by atoms with van der Waals surface area (Å²) in [5.41, 5.74) is 1.33. The summed E-state index contributed by atoms with van der Waals surface area (Å²) in [5, 5.41) is 3.60. The lowest BCUT2D eigenvalue weighted by Crippen LogP contribution is -2.28. The Morgan fingerprint density at radius 3 is 3.11 bits per heavy atom. The Labute approximate surface area is 127 Å². The average molecular weight is 342 g/mol. The Balaban J connectivity index is 1.76. The third-order valence-electron chi connectivity index (χ3n) is 3.59. The highest BCUT2D eigenvalue weighted by molar-refractivity contribution is 9.10. The van der Waals surface area contributed by atoms with Gasteiger partial charge in [-0.05, 0) is 47.0 Å². The van der Waals surface area contributed by atoms with Gasteiger partial charge in [0.05, 0.1) is 0 Å². The molecule has 3 nitrogen and oxygen atoms in total. The number of halogens is 1. The number of hydrogen-bond acceptors (Lipinski definition) is 4. The van der Waals surface area contributed by atoms with Crippen molar-refractivity contribution >= 4 is 33.5 Å². The lowest BCUT2D eigenvalue weighted by atomic mass is 10.2. The highest BCUT2D eigenvalue weighted by Crippen LogP contribution is 2.26. The van der Waals surface area contributed by atoms with E-state index in [2.05, 4.69) is 49.0 Å². The van der Waals surface area contributed by atoms with E-state index in [0.717, 1.165) is 30.1 Å². The van der Waals surface area contributed by atoms with Gasteiger partial charge in [-0.25, -0.2) is 4.98 Å². The van der Waals surface area contributed by atoms with E-state index in [4.69, 9.17) is 0 Å². The Morgan fingerprint density at radius 1 is 1.37 bits per heavy atom. The first-order valence-corrected chi connectivity index (χ1v) is 8.98. The highest BCUT2D eigenvalue weighted by Gasteiger charge is 2.22. The Kier molecular flexibility index (Phi) is 4.66. The van der Waals surface area contributed by atoms with Crippen LogP contribution in [-0.2, 0) is 6.54 Å². The van der Waals surface area contributed by atoms with E-state index in [1.807, 2.05) is 6.20 Å². The molecule has 2 fully saturated rings. The summed E-state index contributed by atoms with van der Waals surface area (Å²) in [5.74, 6) is 3.68. The van der Waals surface area contributed by atoms with Crippen LogP contribution in [0.5, 0.6) is 0 Å². The van der Waals surface area contributed by atoms with Crippen molar-refractivity contribution in [1.82, 2.24) is 10.3 Å².